The molecule has 8 heteroatoms. The van der Waals surface area contributed by atoms with Crippen LogP contribution in [-0.2, 0) is 17.0 Å². The van der Waals surface area contributed by atoms with Crippen LogP contribution in [0.25, 0.3) is 0 Å². The van der Waals surface area contributed by atoms with Crippen molar-refractivity contribution in [2.45, 2.75) is 31.2 Å². The molecule has 0 bridgehead atoms. The standard InChI is InChI=1S/C21H18Cl2N2O3S/c1-12-19(10-16-17(22)4-3-5-18(16)23)24-21(25-20(12)27)29-11-14-6-8-15(9-7-14)28-13(2)26/h3-9H,10-11H2,1-2H3,(H,24,25,27). The van der Waals surface area contributed by atoms with Crippen molar-refractivity contribution in [1.29, 1.82) is 0 Å². The van der Waals surface area contributed by atoms with Crippen LogP contribution >= 0.6 is 35.0 Å². The van der Waals surface area contributed by atoms with E-state index < -0.39 is 0 Å². The summed E-state index contributed by atoms with van der Waals surface area (Å²) in [6.45, 7) is 3.09. The topological polar surface area (TPSA) is 72.0 Å². The summed E-state index contributed by atoms with van der Waals surface area (Å²) in [5, 5.41) is 1.60. The molecule has 0 radical (unpaired) electrons. The van der Waals surface area contributed by atoms with Crippen molar-refractivity contribution in [3.8, 4) is 5.75 Å². The van der Waals surface area contributed by atoms with E-state index in [4.69, 9.17) is 27.9 Å². The van der Waals surface area contributed by atoms with Crippen LogP contribution in [0.15, 0.2) is 52.4 Å². The summed E-state index contributed by atoms with van der Waals surface area (Å²) in [7, 11) is 0. The molecule has 0 amide bonds. The van der Waals surface area contributed by atoms with Crippen molar-refractivity contribution in [3.05, 3.63) is 85.2 Å². The fraction of sp³-hybridized carbons (Fsp3) is 0.190. The van der Waals surface area contributed by atoms with Gasteiger partial charge in [0.25, 0.3) is 5.56 Å². The number of H-pyrrole nitrogens is 1. The van der Waals surface area contributed by atoms with Crippen LogP contribution in [0.4, 0.5) is 0 Å². The molecule has 150 valence electrons. The van der Waals surface area contributed by atoms with E-state index in [0.29, 0.717) is 44.4 Å². The number of hydrogen-bond acceptors (Lipinski definition) is 5. The van der Waals surface area contributed by atoms with Gasteiger partial charge in [-0.05, 0) is 42.3 Å². The number of halogens is 2. The molecule has 0 unspecified atom stereocenters. The van der Waals surface area contributed by atoms with Crippen LogP contribution in [0.2, 0.25) is 10.0 Å². The Hall–Kier alpha value is -2.28. The fourth-order valence-corrected chi connectivity index (χ4v) is 4.00. The van der Waals surface area contributed by atoms with E-state index in [9.17, 15) is 9.59 Å². The van der Waals surface area contributed by atoms with Crippen molar-refractivity contribution >= 4 is 40.9 Å². The number of nitrogens with one attached hydrogen (secondary N) is 1. The highest BCUT2D eigenvalue weighted by Gasteiger charge is 2.13. The number of carbonyl (C=O) groups is 1. The molecule has 29 heavy (non-hydrogen) atoms. The number of aromatic nitrogens is 2. The molecule has 0 fully saturated rings. The minimum Gasteiger partial charge on any atom is -0.427 e. The first kappa shape index (κ1) is 21.4. The third-order valence-electron chi connectivity index (χ3n) is 4.20. The van der Waals surface area contributed by atoms with Gasteiger partial charge in [0.2, 0.25) is 0 Å². The largest absolute Gasteiger partial charge is 0.427 e. The molecule has 1 heterocycles. The summed E-state index contributed by atoms with van der Waals surface area (Å²) in [5.74, 6) is 0.727. The first-order chi connectivity index (χ1) is 13.8. The minimum atomic E-state index is -0.361. The highest BCUT2D eigenvalue weighted by molar-refractivity contribution is 7.98. The second-order valence-electron chi connectivity index (χ2n) is 6.35. The van der Waals surface area contributed by atoms with E-state index in [0.717, 1.165) is 11.1 Å². The number of rotatable bonds is 6. The number of carbonyl (C=O) groups excluding carboxylic acids is 1. The van der Waals surface area contributed by atoms with Crippen LogP contribution in [0.3, 0.4) is 0 Å². The summed E-state index contributed by atoms with van der Waals surface area (Å²) in [5.41, 5.74) is 2.73. The number of esters is 1. The Labute approximate surface area is 182 Å². The summed E-state index contributed by atoms with van der Waals surface area (Å²) in [6, 6.07) is 12.5. The lowest BCUT2D eigenvalue weighted by Crippen LogP contribution is -2.16. The maximum Gasteiger partial charge on any atom is 0.308 e. The van der Waals surface area contributed by atoms with E-state index in [1.54, 1.807) is 37.3 Å². The molecule has 2 aromatic carbocycles. The second-order valence-corrected chi connectivity index (χ2v) is 8.12. The number of aromatic amines is 1. The Balaban J connectivity index is 1.77. The van der Waals surface area contributed by atoms with Crippen LogP contribution in [-0.4, -0.2) is 15.9 Å². The quantitative estimate of drug-likeness (QED) is 0.243. The molecular formula is C21H18Cl2N2O3S. The Bertz CT molecular complexity index is 1080. The maximum atomic E-state index is 12.4. The van der Waals surface area contributed by atoms with Crippen LogP contribution in [0, 0.1) is 6.92 Å². The number of benzene rings is 2. The number of ether oxygens (including phenoxy) is 1. The third kappa shape index (κ3) is 5.63. The highest BCUT2D eigenvalue weighted by atomic mass is 35.5. The van der Waals surface area contributed by atoms with Crippen molar-refractivity contribution in [1.82, 2.24) is 9.97 Å². The molecule has 5 nitrogen and oxygen atoms in total. The predicted octanol–water partition coefficient (Wildman–Crippen LogP) is 5.19. The lowest BCUT2D eigenvalue weighted by atomic mass is 10.1. The zero-order chi connectivity index (χ0) is 21.0. The van der Waals surface area contributed by atoms with Gasteiger partial charge in [-0.1, -0.05) is 53.2 Å². The average Bonchev–Trinajstić information content (AvgIpc) is 2.67. The lowest BCUT2D eigenvalue weighted by Gasteiger charge is -2.10. The Morgan fingerprint density at radius 3 is 2.41 bits per heavy atom. The summed E-state index contributed by atoms with van der Waals surface area (Å²) in [6.07, 6.45) is 0.374. The molecule has 0 aliphatic heterocycles. The summed E-state index contributed by atoms with van der Waals surface area (Å²) >= 11 is 13.9. The van der Waals surface area contributed by atoms with Crippen LogP contribution < -0.4 is 10.3 Å². The number of nitrogens with zero attached hydrogens (tertiary/aromatic N) is 1. The van der Waals surface area contributed by atoms with E-state index >= 15 is 0 Å². The van der Waals surface area contributed by atoms with Gasteiger partial charge in [0.05, 0.1) is 5.69 Å². The van der Waals surface area contributed by atoms with Gasteiger partial charge in [0, 0.05) is 34.7 Å². The molecule has 0 aliphatic carbocycles. The molecular weight excluding hydrogens is 431 g/mol. The maximum absolute atomic E-state index is 12.4. The molecule has 0 spiro atoms. The first-order valence-corrected chi connectivity index (χ1v) is 10.5. The molecule has 1 aromatic heterocycles. The van der Waals surface area contributed by atoms with Gasteiger partial charge >= 0.3 is 5.97 Å². The van der Waals surface area contributed by atoms with Gasteiger partial charge in [-0.15, -0.1) is 0 Å². The van der Waals surface area contributed by atoms with Gasteiger partial charge in [-0.3, -0.25) is 9.59 Å². The average molecular weight is 449 g/mol. The number of thioether (sulfide) groups is 1. The lowest BCUT2D eigenvalue weighted by molar-refractivity contribution is -0.131. The van der Waals surface area contributed by atoms with Crippen LogP contribution in [0.1, 0.15) is 29.3 Å². The predicted molar refractivity (Wildman–Crippen MR) is 116 cm³/mol. The molecule has 0 saturated carbocycles. The van der Waals surface area contributed by atoms with Gasteiger partial charge in [-0.2, -0.15) is 0 Å². The zero-order valence-corrected chi connectivity index (χ0v) is 18.1. The molecule has 0 aliphatic rings. The fourth-order valence-electron chi connectivity index (χ4n) is 2.64. The second kappa shape index (κ2) is 9.48. The molecule has 0 saturated heterocycles. The van der Waals surface area contributed by atoms with Gasteiger partial charge in [0.1, 0.15) is 5.75 Å². The molecule has 0 atom stereocenters. The molecule has 3 aromatic rings. The Kier molecular flexibility index (Phi) is 7.00. The summed E-state index contributed by atoms with van der Waals surface area (Å²) in [4.78, 5) is 30.7. The minimum absolute atomic E-state index is 0.189. The smallest absolute Gasteiger partial charge is 0.308 e. The van der Waals surface area contributed by atoms with E-state index in [1.165, 1.54) is 18.7 Å². The van der Waals surface area contributed by atoms with Crippen molar-refractivity contribution in [3.63, 3.8) is 0 Å². The van der Waals surface area contributed by atoms with E-state index in [1.807, 2.05) is 12.1 Å². The Morgan fingerprint density at radius 2 is 1.79 bits per heavy atom. The van der Waals surface area contributed by atoms with Crippen molar-refractivity contribution in [2.24, 2.45) is 0 Å². The SMILES string of the molecule is CC(=O)Oc1ccc(CSc2nc(Cc3c(Cl)cccc3Cl)c(C)c(=O)[nH]2)cc1. The highest BCUT2D eigenvalue weighted by Crippen LogP contribution is 2.28. The third-order valence-corrected chi connectivity index (χ3v) is 5.85. The van der Waals surface area contributed by atoms with E-state index in [2.05, 4.69) is 9.97 Å². The zero-order valence-electron chi connectivity index (χ0n) is 15.8. The monoisotopic (exact) mass is 448 g/mol. The number of hydrogen-bond donors (Lipinski definition) is 1. The molecule has 1 N–H and O–H groups in total. The van der Waals surface area contributed by atoms with Gasteiger partial charge < -0.3 is 9.72 Å². The van der Waals surface area contributed by atoms with Crippen molar-refractivity contribution in [2.75, 3.05) is 0 Å². The first-order valence-electron chi connectivity index (χ1n) is 8.76. The Morgan fingerprint density at radius 1 is 1.14 bits per heavy atom. The van der Waals surface area contributed by atoms with Gasteiger partial charge in [0.15, 0.2) is 5.16 Å². The van der Waals surface area contributed by atoms with Gasteiger partial charge in [-0.25, -0.2) is 4.98 Å². The van der Waals surface area contributed by atoms with Crippen LogP contribution in [0.5, 0.6) is 5.75 Å². The normalized spacial score (nSPS) is 10.8. The molecule has 3 rings (SSSR count). The summed E-state index contributed by atoms with van der Waals surface area (Å²) < 4.78 is 5.03. The van der Waals surface area contributed by atoms with Crippen molar-refractivity contribution < 1.29 is 9.53 Å². The van der Waals surface area contributed by atoms with E-state index in [-0.39, 0.29) is 11.5 Å².